The maximum atomic E-state index is 12.4. The first-order valence-corrected chi connectivity index (χ1v) is 6.68. The van der Waals surface area contributed by atoms with E-state index in [-0.39, 0.29) is 5.92 Å². The summed E-state index contributed by atoms with van der Waals surface area (Å²) in [6, 6.07) is 10.1. The summed E-state index contributed by atoms with van der Waals surface area (Å²) in [5, 5.41) is 0. The van der Waals surface area contributed by atoms with E-state index in [1.54, 1.807) is 0 Å². The topological polar surface area (TPSA) is 17.1 Å². The summed E-state index contributed by atoms with van der Waals surface area (Å²) in [6.45, 7) is 0. The Morgan fingerprint density at radius 2 is 1.71 bits per heavy atom. The third kappa shape index (κ3) is 1.95. The fourth-order valence-corrected chi connectivity index (χ4v) is 3.21. The monoisotopic (exact) mass is 226 g/mol. The van der Waals surface area contributed by atoms with Gasteiger partial charge in [-0.2, -0.15) is 0 Å². The smallest absolute Gasteiger partial charge is 0.166 e. The van der Waals surface area contributed by atoms with E-state index in [0.29, 0.717) is 11.7 Å². The summed E-state index contributed by atoms with van der Waals surface area (Å²) in [5.74, 6) is 1.19. The van der Waals surface area contributed by atoms with Gasteiger partial charge in [-0.05, 0) is 24.3 Å². The molecule has 3 rings (SSSR count). The zero-order chi connectivity index (χ0) is 11.7. The Balaban J connectivity index is 1.92. The maximum absolute atomic E-state index is 12.4. The molecule has 0 bridgehead atoms. The molecule has 1 heteroatoms. The van der Waals surface area contributed by atoms with Crippen molar-refractivity contribution in [1.82, 2.24) is 0 Å². The van der Waals surface area contributed by atoms with E-state index in [1.807, 2.05) is 18.2 Å². The lowest BCUT2D eigenvalue weighted by Crippen LogP contribution is -2.15. The van der Waals surface area contributed by atoms with Gasteiger partial charge in [-0.1, -0.05) is 55.7 Å². The number of rotatable bonds is 1. The lowest BCUT2D eigenvalue weighted by Gasteiger charge is -2.13. The molecule has 0 saturated heterocycles. The molecule has 0 aliphatic heterocycles. The van der Waals surface area contributed by atoms with Crippen LogP contribution in [0.25, 0.3) is 5.57 Å². The molecule has 0 aromatic heterocycles. The van der Waals surface area contributed by atoms with Gasteiger partial charge in [-0.25, -0.2) is 0 Å². The van der Waals surface area contributed by atoms with Crippen molar-refractivity contribution in [3.05, 3.63) is 42.0 Å². The van der Waals surface area contributed by atoms with Gasteiger partial charge >= 0.3 is 0 Å². The highest BCUT2D eigenvalue weighted by molar-refractivity contribution is 6.24. The van der Waals surface area contributed by atoms with Gasteiger partial charge in [0.15, 0.2) is 5.78 Å². The molecule has 17 heavy (non-hydrogen) atoms. The van der Waals surface area contributed by atoms with Crippen molar-refractivity contribution in [2.45, 2.75) is 32.1 Å². The molecule has 0 amide bonds. The van der Waals surface area contributed by atoms with E-state index in [4.69, 9.17) is 0 Å². The van der Waals surface area contributed by atoms with Crippen molar-refractivity contribution < 1.29 is 4.79 Å². The number of hydrogen-bond acceptors (Lipinski definition) is 1. The zero-order valence-electron chi connectivity index (χ0n) is 10.1. The van der Waals surface area contributed by atoms with Crippen LogP contribution in [0, 0.1) is 11.8 Å². The predicted octanol–water partition coefficient (Wildman–Crippen LogP) is 3.85. The molecule has 2 atom stereocenters. The lowest BCUT2D eigenvalue weighted by molar-refractivity contribution is -0.117. The number of carbonyl (C=O) groups excluding carboxylic acids is 1. The van der Waals surface area contributed by atoms with Gasteiger partial charge < -0.3 is 0 Å². The van der Waals surface area contributed by atoms with Crippen LogP contribution in [-0.4, -0.2) is 5.78 Å². The van der Waals surface area contributed by atoms with Crippen molar-refractivity contribution in [3.63, 3.8) is 0 Å². The second-order valence-electron chi connectivity index (χ2n) is 5.22. The highest BCUT2D eigenvalue weighted by atomic mass is 16.1. The number of benzene rings is 1. The summed E-state index contributed by atoms with van der Waals surface area (Å²) in [7, 11) is 0. The minimum absolute atomic E-state index is 0.285. The molecule has 1 saturated carbocycles. The molecular formula is C16H18O. The molecule has 0 spiro atoms. The Morgan fingerprint density at radius 1 is 0.941 bits per heavy atom. The van der Waals surface area contributed by atoms with E-state index >= 15 is 0 Å². The van der Waals surface area contributed by atoms with Gasteiger partial charge in [0.2, 0.25) is 0 Å². The van der Waals surface area contributed by atoms with E-state index < -0.39 is 0 Å². The van der Waals surface area contributed by atoms with E-state index in [0.717, 1.165) is 17.6 Å². The second kappa shape index (κ2) is 4.48. The molecule has 0 heterocycles. The highest BCUT2D eigenvalue weighted by Crippen LogP contribution is 2.40. The molecule has 88 valence electrons. The zero-order valence-corrected chi connectivity index (χ0v) is 10.1. The Labute approximate surface area is 103 Å². The van der Waals surface area contributed by atoms with Gasteiger partial charge in [0.05, 0.1) is 0 Å². The van der Waals surface area contributed by atoms with Crippen LogP contribution in [0.5, 0.6) is 0 Å². The summed E-state index contributed by atoms with van der Waals surface area (Å²) >= 11 is 0. The Hall–Kier alpha value is -1.37. The van der Waals surface area contributed by atoms with Crippen molar-refractivity contribution in [2.75, 3.05) is 0 Å². The summed E-state index contributed by atoms with van der Waals surface area (Å²) < 4.78 is 0. The van der Waals surface area contributed by atoms with Crippen LogP contribution >= 0.6 is 0 Å². The molecule has 0 N–H and O–H groups in total. The fourth-order valence-electron chi connectivity index (χ4n) is 3.21. The predicted molar refractivity (Wildman–Crippen MR) is 69.5 cm³/mol. The maximum Gasteiger partial charge on any atom is 0.166 e. The molecule has 1 nitrogen and oxygen atoms in total. The van der Waals surface area contributed by atoms with Gasteiger partial charge in [-0.15, -0.1) is 0 Å². The average Bonchev–Trinajstić information content (AvgIpc) is 2.56. The lowest BCUT2D eigenvalue weighted by atomic mass is 9.89. The molecule has 0 unspecified atom stereocenters. The van der Waals surface area contributed by atoms with Crippen LogP contribution in [0.3, 0.4) is 0 Å². The molecule has 2 aliphatic carbocycles. The summed E-state index contributed by atoms with van der Waals surface area (Å²) in [6.07, 6.45) is 8.35. The van der Waals surface area contributed by atoms with Crippen molar-refractivity contribution in [1.29, 1.82) is 0 Å². The van der Waals surface area contributed by atoms with E-state index in [9.17, 15) is 4.79 Å². The number of allylic oxidation sites excluding steroid dienone is 2. The largest absolute Gasteiger partial charge is 0.294 e. The molecule has 1 fully saturated rings. The average molecular weight is 226 g/mol. The van der Waals surface area contributed by atoms with Crippen LogP contribution in [-0.2, 0) is 4.79 Å². The Kier molecular flexibility index (Phi) is 2.84. The minimum Gasteiger partial charge on any atom is -0.294 e. The number of hydrogen-bond donors (Lipinski definition) is 0. The number of ketones is 1. The van der Waals surface area contributed by atoms with Gasteiger partial charge in [0, 0.05) is 11.5 Å². The van der Waals surface area contributed by atoms with Crippen LogP contribution in [0.15, 0.2) is 36.4 Å². The van der Waals surface area contributed by atoms with Gasteiger partial charge in [0.1, 0.15) is 0 Å². The third-order valence-corrected chi connectivity index (χ3v) is 4.14. The first-order chi connectivity index (χ1) is 8.36. The van der Waals surface area contributed by atoms with Crippen molar-refractivity contribution in [3.8, 4) is 0 Å². The van der Waals surface area contributed by atoms with Gasteiger partial charge in [0.25, 0.3) is 0 Å². The standard InChI is InChI=1S/C16H18O/c17-16-14-10-6-2-5-9-13(14)11-15(16)12-7-3-1-4-8-12/h1,3-4,7-8,11,13-14H,2,5-6,9-10H2/t13-,14-/m0/s1. The summed E-state index contributed by atoms with van der Waals surface area (Å²) in [5.41, 5.74) is 2.08. The van der Waals surface area contributed by atoms with Crippen LogP contribution in [0.4, 0.5) is 0 Å². The minimum atomic E-state index is 0.285. The number of Topliss-reactive ketones (excluding diaryl/α,β-unsaturated/α-hetero) is 1. The first-order valence-electron chi connectivity index (χ1n) is 6.68. The number of fused-ring (bicyclic) bond motifs is 1. The summed E-state index contributed by atoms with van der Waals surface area (Å²) in [4.78, 5) is 12.4. The Bertz CT molecular complexity index is 444. The van der Waals surface area contributed by atoms with E-state index in [2.05, 4.69) is 18.2 Å². The van der Waals surface area contributed by atoms with Gasteiger partial charge in [-0.3, -0.25) is 4.79 Å². The van der Waals surface area contributed by atoms with Crippen LogP contribution in [0.1, 0.15) is 37.7 Å². The molecule has 0 radical (unpaired) electrons. The molecular weight excluding hydrogens is 208 g/mol. The Morgan fingerprint density at radius 3 is 2.53 bits per heavy atom. The SMILES string of the molecule is O=C1C(c2ccccc2)=C[C@@H]2CCCCC[C@H]12. The van der Waals surface area contributed by atoms with Crippen molar-refractivity contribution >= 4 is 11.4 Å². The first kappa shape index (κ1) is 10.8. The van der Waals surface area contributed by atoms with E-state index in [1.165, 1.54) is 25.7 Å². The third-order valence-electron chi connectivity index (χ3n) is 4.14. The highest BCUT2D eigenvalue weighted by Gasteiger charge is 2.36. The molecule has 2 aliphatic rings. The van der Waals surface area contributed by atoms with Crippen LogP contribution in [0.2, 0.25) is 0 Å². The molecule has 1 aromatic carbocycles. The quantitative estimate of drug-likeness (QED) is 0.711. The normalized spacial score (nSPS) is 28.5. The van der Waals surface area contributed by atoms with Crippen molar-refractivity contribution in [2.24, 2.45) is 11.8 Å². The molecule has 1 aromatic rings. The van der Waals surface area contributed by atoms with Crippen LogP contribution < -0.4 is 0 Å². The fraction of sp³-hybridized carbons (Fsp3) is 0.438. The number of carbonyl (C=O) groups is 1. The second-order valence-corrected chi connectivity index (χ2v) is 5.22.